The van der Waals surface area contributed by atoms with Crippen LogP contribution in [0, 0.1) is 0 Å². The number of aromatic nitrogens is 1. The molecule has 18 heavy (non-hydrogen) atoms. The van der Waals surface area contributed by atoms with Crippen molar-refractivity contribution < 1.29 is 23.1 Å². The zero-order chi connectivity index (χ0) is 13.3. The van der Waals surface area contributed by atoms with Crippen molar-refractivity contribution in [3.05, 3.63) is 23.9 Å². The van der Waals surface area contributed by atoms with Gasteiger partial charge in [0.05, 0.1) is 5.56 Å². The molecule has 0 aliphatic carbocycles. The fraction of sp³-hybridized carbons (Fsp3) is 0.455. The van der Waals surface area contributed by atoms with Gasteiger partial charge in [-0.25, -0.2) is 9.78 Å². The number of anilines is 1. The predicted octanol–water partition coefficient (Wildman–Crippen LogP) is 2.15. The molecule has 0 aromatic carbocycles. The largest absolute Gasteiger partial charge is 0.480 e. The number of nitrogens with zero attached hydrogens (tertiary/aromatic N) is 2. The lowest BCUT2D eigenvalue weighted by molar-refractivity contribution is -0.138. The molecule has 1 saturated heterocycles. The van der Waals surface area contributed by atoms with Crippen molar-refractivity contribution in [2.45, 2.75) is 25.1 Å². The van der Waals surface area contributed by atoms with Gasteiger partial charge in [-0.05, 0) is 25.0 Å². The van der Waals surface area contributed by atoms with Gasteiger partial charge in [0.15, 0.2) is 0 Å². The van der Waals surface area contributed by atoms with Crippen LogP contribution in [0.15, 0.2) is 18.3 Å². The molecular weight excluding hydrogens is 249 g/mol. The van der Waals surface area contributed by atoms with Crippen molar-refractivity contribution in [1.29, 1.82) is 0 Å². The number of hydrogen-bond donors (Lipinski definition) is 1. The average molecular weight is 260 g/mol. The van der Waals surface area contributed by atoms with E-state index in [9.17, 15) is 18.0 Å². The predicted molar refractivity (Wildman–Crippen MR) is 57.2 cm³/mol. The van der Waals surface area contributed by atoms with Gasteiger partial charge in [-0.2, -0.15) is 13.2 Å². The van der Waals surface area contributed by atoms with E-state index in [4.69, 9.17) is 5.11 Å². The zero-order valence-corrected chi connectivity index (χ0v) is 9.31. The highest BCUT2D eigenvalue weighted by atomic mass is 19.4. The molecule has 1 N–H and O–H groups in total. The highest BCUT2D eigenvalue weighted by Gasteiger charge is 2.34. The smallest absolute Gasteiger partial charge is 0.416 e. The summed E-state index contributed by atoms with van der Waals surface area (Å²) in [4.78, 5) is 16.2. The number of halogens is 3. The monoisotopic (exact) mass is 260 g/mol. The Balaban J connectivity index is 2.31. The van der Waals surface area contributed by atoms with Gasteiger partial charge in [0.25, 0.3) is 0 Å². The Morgan fingerprint density at radius 1 is 1.50 bits per heavy atom. The van der Waals surface area contributed by atoms with Crippen molar-refractivity contribution in [3.8, 4) is 0 Å². The van der Waals surface area contributed by atoms with E-state index in [2.05, 4.69) is 4.98 Å². The number of alkyl halides is 3. The standard InChI is InChI=1S/C11H11F3N2O2/c12-11(13,14)7-3-4-15-9(6-7)16-5-1-2-8(16)10(17)18/h3-4,6,8H,1-2,5H2,(H,17,18). The van der Waals surface area contributed by atoms with E-state index < -0.39 is 23.8 Å². The summed E-state index contributed by atoms with van der Waals surface area (Å²) < 4.78 is 37.6. The molecule has 4 nitrogen and oxygen atoms in total. The first-order chi connectivity index (χ1) is 8.39. The lowest BCUT2D eigenvalue weighted by atomic mass is 10.2. The molecule has 0 bridgehead atoms. The first-order valence-corrected chi connectivity index (χ1v) is 5.42. The van der Waals surface area contributed by atoms with Crippen LogP contribution < -0.4 is 4.90 Å². The van der Waals surface area contributed by atoms with Crippen molar-refractivity contribution in [1.82, 2.24) is 4.98 Å². The number of carboxylic acids is 1. The van der Waals surface area contributed by atoms with Gasteiger partial charge in [-0.1, -0.05) is 0 Å². The summed E-state index contributed by atoms with van der Waals surface area (Å²) in [6.45, 7) is 0.408. The Kier molecular flexibility index (Phi) is 3.14. The summed E-state index contributed by atoms with van der Waals surface area (Å²) in [6.07, 6.45) is -2.34. The Labute approximate surface area is 101 Å². The number of pyridine rings is 1. The molecule has 1 unspecified atom stereocenters. The minimum atomic E-state index is -4.45. The summed E-state index contributed by atoms with van der Waals surface area (Å²) in [5.41, 5.74) is -0.816. The fourth-order valence-electron chi connectivity index (χ4n) is 2.05. The molecule has 1 atom stereocenters. The molecule has 2 heterocycles. The Morgan fingerprint density at radius 2 is 2.22 bits per heavy atom. The third kappa shape index (κ3) is 2.39. The normalized spacial score (nSPS) is 20.2. The van der Waals surface area contributed by atoms with E-state index in [-0.39, 0.29) is 5.82 Å². The molecule has 1 aromatic heterocycles. The molecule has 0 radical (unpaired) electrons. The molecule has 1 fully saturated rings. The number of carbonyl (C=O) groups is 1. The number of carboxylic acid groups (broad SMARTS) is 1. The third-order valence-electron chi connectivity index (χ3n) is 2.90. The van der Waals surface area contributed by atoms with E-state index in [1.807, 2.05) is 0 Å². The maximum absolute atomic E-state index is 12.5. The maximum atomic E-state index is 12.5. The third-order valence-corrected chi connectivity index (χ3v) is 2.90. The van der Waals surface area contributed by atoms with Gasteiger partial charge >= 0.3 is 12.1 Å². The van der Waals surface area contributed by atoms with Crippen LogP contribution in [0.4, 0.5) is 19.0 Å². The molecule has 0 saturated carbocycles. The van der Waals surface area contributed by atoms with Gasteiger partial charge in [0.2, 0.25) is 0 Å². The van der Waals surface area contributed by atoms with Gasteiger partial charge in [0, 0.05) is 12.7 Å². The van der Waals surface area contributed by atoms with Crippen LogP contribution in [0.3, 0.4) is 0 Å². The second-order valence-electron chi connectivity index (χ2n) is 4.09. The summed E-state index contributed by atoms with van der Waals surface area (Å²) in [5.74, 6) is -0.971. The van der Waals surface area contributed by atoms with Crippen molar-refractivity contribution in [2.75, 3.05) is 11.4 Å². The molecule has 7 heteroatoms. The number of aliphatic carboxylic acids is 1. The summed E-state index contributed by atoms with van der Waals surface area (Å²) in [7, 11) is 0. The molecule has 0 spiro atoms. The second kappa shape index (κ2) is 4.47. The highest BCUT2D eigenvalue weighted by molar-refractivity contribution is 5.78. The van der Waals surface area contributed by atoms with E-state index >= 15 is 0 Å². The van der Waals surface area contributed by atoms with Crippen LogP contribution in [-0.2, 0) is 11.0 Å². The Morgan fingerprint density at radius 3 is 2.83 bits per heavy atom. The lowest BCUT2D eigenvalue weighted by Crippen LogP contribution is -2.36. The van der Waals surface area contributed by atoms with Crippen LogP contribution in [-0.4, -0.2) is 28.6 Å². The Bertz CT molecular complexity index is 462. The molecule has 0 amide bonds. The molecule has 1 aliphatic heterocycles. The second-order valence-corrected chi connectivity index (χ2v) is 4.09. The minimum Gasteiger partial charge on any atom is -0.480 e. The van der Waals surface area contributed by atoms with Crippen LogP contribution in [0.5, 0.6) is 0 Å². The first kappa shape index (κ1) is 12.7. The van der Waals surface area contributed by atoms with E-state index in [0.29, 0.717) is 19.4 Å². The minimum absolute atomic E-state index is 0.0646. The highest BCUT2D eigenvalue weighted by Crippen LogP contribution is 2.32. The van der Waals surface area contributed by atoms with Crippen LogP contribution in [0.2, 0.25) is 0 Å². The first-order valence-electron chi connectivity index (χ1n) is 5.42. The molecular formula is C11H11F3N2O2. The topological polar surface area (TPSA) is 53.4 Å². The molecule has 2 rings (SSSR count). The van der Waals surface area contributed by atoms with E-state index in [1.165, 1.54) is 4.90 Å². The van der Waals surface area contributed by atoms with Crippen LogP contribution in [0.25, 0.3) is 0 Å². The van der Waals surface area contributed by atoms with Crippen molar-refractivity contribution >= 4 is 11.8 Å². The van der Waals surface area contributed by atoms with Gasteiger partial charge in [-0.15, -0.1) is 0 Å². The van der Waals surface area contributed by atoms with Crippen LogP contribution in [0.1, 0.15) is 18.4 Å². The summed E-state index contributed by atoms with van der Waals surface area (Å²) in [5, 5.41) is 8.98. The van der Waals surface area contributed by atoms with Crippen LogP contribution >= 0.6 is 0 Å². The number of hydrogen-bond acceptors (Lipinski definition) is 3. The fourth-order valence-corrected chi connectivity index (χ4v) is 2.05. The Hall–Kier alpha value is -1.79. The maximum Gasteiger partial charge on any atom is 0.416 e. The summed E-state index contributed by atoms with van der Waals surface area (Å²) >= 11 is 0. The lowest BCUT2D eigenvalue weighted by Gasteiger charge is -2.23. The van der Waals surface area contributed by atoms with Gasteiger partial charge in [0.1, 0.15) is 11.9 Å². The van der Waals surface area contributed by atoms with Gasteiger partial charge in [-0.3, -0.25) is 0 Å². The SMILES string of the molecule is O=C(O)C1CCCN1c1cc(C(F)(F)F)ccn1. The molecule has 98 valence electrons. The zero-order valence-electron chi connectivity index (χ0n) is 9.31. The van der Waals surface area contributed by atoms with E-state index in [0.717, 1.165) is 18.3 Å². The molecule has 1 aromatic rings. The van der Waals surface area contributed by atoms with Gasteiger partial charge < -0.3 is 10.0 Å². The molecule has 1 aliphatic rings. The summed E-state index contributed by atoms with van der Waals surface area (Å²) in [6, 6.07) is 0.970. The van der Waals surface area contributed by atoms with Crippen molar-refractivity contribution in [2.24, 2.45) is 0 Å². The van der Waals surface area contributed by atoms with E-state index in [1.54, 1.807) is 0 Å². The quantitative estimate of drug-likeness (QED) is 0.885. The van der Waals surface area contributed by atoms with Crippen molar-refractivity contribution in [3.63, 3.8) is 0 Å². The number of rotatable bonds is 2. The average Bonchev–Trinajstić information content (AvgIpc) is 2.77.